The highest BCUT2D eigenvalue weighted by atomic mass is 16.5. The Bertz CT molecular complexity index is 713. The van der Waals surface area contributed by atoms with Crippen molar-refractivity contribution in [1.82, 2.24) is 4.90 Å². The first-order valence-electron chi connectivity index (χ1n) is 9.19. The molecule has 1 unspecified atom stereocenters. The molecule has 132 valence electrons. The van der Waals surface area contributed by atoms with Crippen molar-refractivity contribution in [2.75, 3.05) is 20.1 Å². The molecule has 2 aromatic rings. The van der Waals surface area contributed by atoms with E-state index in [1.165, 1.54) is 24.8 Å². The largest absolute Gasteiger partial charge is 0.423 e. The van der Waals surface area contributed by atoms with Gasteiger partial charge in [-0.3, -0.25) is 0 Å². The highest BCUT2D eigenvalue weighted by molar-refractivity contribution is 5.90. The van der Waals surface area contributed by atoms with Gasteiger partial charge in [-0.25, -0.2) is 4.79 Å². The number of likely N-dealkylation sites (N-methyl/N-ethyl adjacent to an activating group) is 1. The van der Waals surface area contributed by atoms with Crippen LogP contribution in [-0.4, -0.2) is 31.0 Å². The van der Waals surface area contributed by atoms with Gasteiger partial charge < -0.3 is 9.64 Å². The number of carbonyl (C=O) groups excluding carboxylic acids is 1. The summed E-state index contributed by atoms with van der Waals surface area (Å²) < 4.78 is 5.63. The second-order valence-corrected chi connectivity index (χ2v) is 7.11. The van der Waals surface area contributed by atoms with Gasteiger partial charge >= 0.3 is 5.97 Å². The van der Waals surface area contributed by atoms with E-state index >= 15 is 0 Å². The Morgan fingerprint density at radius 2 is 1.92 bits per heavy atom. The minimum absolute atomic E-state index is 0.139. The standard InChI is InChI=1S/C22H27NO2/c1-3-22(14-7-8-15-23(2)17-22)19-12-9-13-20(16-19)25-21(24)18-10-5-4-6-11-18/h4-6,9-13,16H,3,7-8,14-15,17H2,1-2H3. The van der Waals surface area contributed by atoms with Gasteiger partial charge in [0.2, 0.25) is 0 Å². The fraction of sp³-hybridized carbons (Fsp3) is 0.409. The molecule has 1 fully saturated rings. The lowest BCUT2D eigenvalue weighted by Crippen LogP contribution is -2.37. The molecule has 0 amide bonds. The summed E-state index contributed by atoms with van der Waals surface area (Å²) in [6, 6.07) is 17.3. The fourth-order valence-electron chi connectivity index (χ4n) is 3.88. The quantitative estimate of drug-likeness (QED) is 0.600. The van der Waals surface area contributed by atoms with E-state index < -0.39 is 0 Å². The van der Waals surface area contributed by atoms with Gasteiger partial charge in [0.05, 0.1) is 5.56 Å². The van der Waals surface area contributed by atoms with Crippen molar-refractivity contribution in [3.8, 4) is 5.75 Å². The summed E-state index contributed by atoms with van der Waals surface area (Å²) >= 11 is 0. The summed E-state index contributed by atoms with van der Waals surface area (Å²) in [7, 11) is 2.20. The average molecular weight is 337 g/mol. The van der Waals surface area contributed by atoms with Crippen molar-refractivity contribution >= 4 is 5.97 Å². The van der Waals surface area contributed by atoms with Crippen LogP contribution in [0.2, 0.25) is 0 Å². The first-order chi connectivity index (χ1) is 12.1. The van der Waals surface area contributed by atoms with Gasteiger partial charge in [-0.15, -0.1) is 0 Å². The Morgan fingerprint density at radius 3 is 2.68 bits per heavy atom. The van der Waals surface area contributed by atoms with Crippen molar-refractivity contribution in [3.63, 3.8) is 0 Å². The molecule has 25 heavy (non-hydrogen) atoms. The van der Waals surface area contributed by atoms with Gasteiger partial charge in [0.1, 0.15) is 5.75 Å². The molecule has 1 aliphatic rings. The number of nitrogens with zero attached hydrogens (tertiary/aromatic N) is 1. The molecule has 0 spiro atoms. The number of hydrogen-bond donors (Lipinski definition) is 0. The van der Waals surface area contributed by atoms with Crippen LogP contribution in [0.1, 0.15) is 48.5 Å². The smallest absolute Gasteiger partial charge is 0.343 e. The maximum Gasteiger partial charge on any atom is 0.343 e. The van der Waals surface area contributed by atoms with E-state index in [4.69, 9.17) is 4.74 Å². The molecular weight excluding hydrogens is 310 g/mol. The van der Waals surface area contributed by atoms with Crippen molar-refractivity contribution in [2.45, 2.75) is 38.0 Å². The number of benzene rings is 2. The molecule has 0 saturated carbocycles. The van der Waals surface area contributed by atoms with Gasteiger partial charge in [0, 0.05) is 12.0 Å². The van der Waals surface area contributed by atoms with Gasteiger partial charge in [0.25, 0.3) is 0 Å². The van der Waals surface area contributed by atoms with Crippen molar-refractivity contribution in [1.29, 1.82) is 0 Å². The van der Waals surface area contributed by atoms with Crippen LogP contribution in [0.4, 0.5) is 0 Å². The van der Waals surface area contributed by atoms with Gasteiger partial charge in [-0.2, -0.15) is 0 Å². The molecule has 0 N–H and O–H groups in total. The summed E-state index contributed by atoms with van der Waals surface area (Å²) in [5, 5.41) is 0. The van der Waals surface area contributed by atoms with Crippen molar-refractivity contribution in [3.05, 3.63) is 65.7 Å². The minimum atomic E-state index is -0.304. The van der Waals surface area contributed by atoms with Gasteiger partial charge in [0.15, 0.2) is 0 Å². The first-order valence-corrected chi connectivity index (χ1v) is 9.19. The Labute approximate surface area is 150 Å². The third-order valence-electron chi connectivity index (χ3n) is 5.36. The highest BCUT2D eigenvalue weighted by Crippen LogP contribution is 2.37. The average Bonchev–Trinajstić information content (AvgIpc) is 2.85. The topological polar surface area (TPSA) is 29.5 Å². The summed E-state index contributed by atoms with van der Waals surface area (Å²) in [4.78, 5) is 14.8. The molecule has 1 aliphatic heterocycles. The van der Waals surface area contributed by atoms with Gasteiger partial charge in [-0.1, -0.05) is 43.7 Å². The molecule has 0 aromatic heterocycles. The number of carbonyl (C=O) groups is 1. The Hall–Kier alpha value is -2.13. The zero-order chi connectivity index (χ0) is 17.7. The third kappa shape index (κ3) is 4.10. The summed E-state index contributed by atoms with van der Waals surface area (Å²) in [6.07, 6.45) is 4.77. The van der Waals surface area contributed by atoms with Crippen LogP contribution in [0, 0.1) is 0 Å². The fourth-order valence-corrected chi connectivity index (χ4v) is 3.88. The van der Waals surface area contributed by atoms with Crippen LogP contribution >= 0.6 is 0 Å². The predicted octanol–water partition coefficient (Wildman–Crippen LogP) is 4.67. The maximum absolute atomic E-state index is 12.3. The molecule has 0 aliphatic carbocycles. The molecule has 1 atom stereocenters. The molecule has 3 nitrogen and oxygen atoms in total. The zero-order valence-corrected chi connectivity index (χ0v) is 15.2. The van der Waals surface area contributed by atoms with E-state index in [0.717, 1.165) is 19.5 Å². The normalized spacial score (nSPS) is 21.5. The number of esters is 1. The molecule has 1 saturated heterocycles. The first kappa shape index (κ1) is 17.7. The van der Waals surface area contributed by atoms with Crippen LogP contribution in [0.3, 0.4) is 0 Å². The molecule has 1 heterocycles. The maximum atomic E-state index is 12.3. The van der Waals surface area contributed by atoms with E-state index in [2.05, 4.69) is 31.0 Å². The lowest BCUT2D eigenvalue weighted by atomic mass is 9.74. The van der Waals surface area contributed by atoms with Crippen LogP contribution in [0.25, 0.3) is 0 Å². The Kier molecular flexibility index (Phi) is 5.54. The van der Waals surface area contributed by atoms with Crippen LogP contribution in [0.15, 0.2) is 54.6 Å². The molecule has 2 aromatic carbocycles. The van der Waals surface area contributed by atoms with E-state index in [1.807, 2.05) is 30.3 Å². The number of likely N-dealkylation sites (tertiary alicyclic amines) is 1. The van der Waals surface area contributed by atoms with Gasteiger partial charge in [-0.05, 0) is 62.7 Å². The molecular formula is C22H27NO2. The summed E-state index contributed by atoms with van der Waals surface area (Å²) in [5.41, 5.74) is 2.00. The Morgan fingerprint density at radius 1 is 1.12 bits per heavy atom. The minimum Gasteiger partial charge on any atom is -0.423 e. The molecule has 3 rings (SSSR count). The SMILES string of the molecule is CCC1(c2cccc(OC(=O)c3ccccc3)c2)CCCCN(C)C1. The van der Waals surface area contributed by atoms with Crippen molar-refractivity contribution in [2.24, 2.45) is 0 Å². The molecule has 0 bridgehead atoms. The molecule has 0 radical (unpaired) electrons. The highest BCUT2D eigenvalue weighted by Gasteiger charge is 2.33. The van der Waals surface area contributed by atoms with Crippen molar-refractivity contribution < 1.29 is 9.53 Å². The summed E-state index contributed by atoms with van der Waals surface area (Å²) in [5.74, 6) is 0.326. The lowest BCUT2D eigenvalue weighted by Gasteiger charge is -2.35. The van der Waals surface area contributed by atoms with Crippen LogP contribution in [0.5, 0.6) is 5.75 Å². The van der Waals surface area contributed by atoms with E-state index in [1.54, 1.807) is 12.1 Å². The predicted molar refractivity (Wildman–Crippen MR) is 101 cm³/mol. The van der Waals surface area contributed by atoms with E-state index in [9.17, 15) is 4.79 Å². The van der Waals surface area contributed by atoms with E-state index in [-0.39, 0.29) is 11.4 Å². The number of rotatable bonds is 4. The Balaban J connectivity index is 1.84. The van der Waals surface area contributed by atoms with Crippen LogP contribution in [-0.2, 0) is 5.41 Å². The second-order valence-electron chi connectivity index (χ2n) is 7.11. The van der Waals surface area contributed by atoms with Crippen LogP contribution < -0.4 is 4.74 Å². The van der Waals surface area contributed by atoms with E-state index in [0.29, 0.717) is 11.3 Å². The number of hydrogen-bond acceptors (Lipinski definition) is 3. The lowest BCUT2D eigenvalue weighted by molar-refractivity contribution is 0.0734. The monoisotopic (exact) mass is 337 g/mol. The summed E-state index contributed by atoms with van der Waals surface area (Å²) in [6.45, 7) is 4.48. The second kappa shape index (κ2) is 7.83. The molecule has 3 heteroatoms. The number of ether oxygens (including phenoxy) is 1. The zero-order valence-electron chi connectivity index (χ0n) is 15.2. The third-order valence-corrected chi connectivity index (χ3v) is 5.36.